The van der Waals surface area contributed by atoms with Crippen LogP contribution < -0.4 is 9.80 Å². The second-order valence-electron chi connectivity index (χ2n) is 24.5. The van der Waals surface area contributed by atoms with Gasteiger partial charge in [0.1, 0.15) is 11.2 Å². The van der Waals surface area contributed by atoms with E-state index < -0.39 is 0 Å². The molecule has 0 atom stereocenters. The Labute approximate surface area is 493 Å². The van der Waals surface area contributed by atoms with E-state index in [0.29, 0.717) is 11.8 Å². The average Bonchev–Trinajstić information content (AvgIpc) is 1.59. The van der Waals surface area contributed by atoms with Gasteiger partial charge in [0.25, 0.3) is 0 Å². The number of benzene rings is 13. The summed E-state index contributed by atoms with van der Waals surface area (Å²) in [7, 11) is 0. The van der Waals surface area contributed by atoms with Gasteiger partial charge in [0, 0.05) is 98.8 Å². The third-order valence-electron chi connectivity index (χ3n) is 19.0. The fourth-order valence-corrected chi connectivity index (χ4v) is 14.8. The minimum absolute atomic E-state index is 0.420. The Morgan fingerprint density at radius 3 is 0.953 bits per heavy atom. The first-order valence-electron chi connectivity index (χ1n) is 30.1. The molecule has 0 N–H and O–H groups in total. The summed E-state index contributed by atoms with van der Waals surface area (Å²) in [6.07, 6.45) is 0. The van der Waals surface area contributed by atoms with Crippen LogP contribution in [-0.4, -0.2) is 8.80 Å². The number of hydrogen-bond donors (Lipinski definition) is 0. The molecular formula is C80H54N4O2. The van der Waals surface area contributed by atoms with Crippen molar-refractivity contribution in [3.63, 3.8) is 0 Å². The van der Waals surface area contributed by atoms with E-state index in [1.54, 1.807) is 0 Å². The smallest absolute Gasteiger partial charge is 0.178 e. The largest absolute Gasteiger partial charge is 0.452 e. The number of nitrogens with zero attached hydrogens (tertiary/aromatic N) is 4. The first-order valence-corrected chi connectivity index (χ1v) is 30.1. The zero-order valence-electron chi connectivity index (χ0n) is 47.9. The highest BCUT2D eigenvalue weighted by Crippen LogP contribution is 2.49. The fraction of sp³-hybridized carbons (Fsp3) is 0.0750. The van der Waals surface area contributed by atoms with Crippen LogP contribution in [0.3, 0.4) is 0 Å². The van der Waals surface area contributed by atoms with Gasteiger partial charge in [0.05, 0.1) is 33.1 Å². The van der Waals surface area contributed by atoms with Crippen molar-refractivity contribution in [3.05, 3.63) is 254 Å². The molecule has 0 radical (unpaired) electrons. The number of furan rings is 2. The van der Waals surface area contributed by atoms with E-state index in [0.717, 1.165) is 99.5 Å². The molecule has 406 valence electrons. The van der Waals surface area contributed by atoms with Crippen LogP contribution in [0, 0.1) is 0 Å². The highest BCUT2D eigenvalue weighted by Gasteiger charge is 2.26. The topological polar surface area (TPSA) is 41.6 Å². The molecule has 6 aromatic heterocycles. The molecule has 6 nitrogen and oxygen atoms in total. The van der Waals surface area contributed by atoms with Crippen molar-refractivity contribution in [1.29, 1.82) is 0 Å². The summed E-state index contributed by atoms with van der Waals surface area (Å²) in [6.45, 7) is 9.02. The SMILES string of the molecule is CC(C)c1ccc(N(c2ccc3cc4c(cc3c2)oc2c4ccc3c4cc5ccc(N(c6ccc(C(C)C)cc6)c6cc7c8ccccc8n8c9ccccc9c(c6)c78)cc5cc4oc32)c2cc3c4ccccc4n4c5ccccc5c(c2)c34)cc1. The molecule has 19 aromatic rings. The van der Waals surface area contributed by atoms with Crippen LogP contribution >= 0.6 is 0 Å². The van der Waals surface area contributed by atoms with Crippen molar-refractivity contribution in [1.82, 2.24) is 8.80 Å². The Morgan fingerprint density at radius 2 is 0.605 bits per heavy atom. The molecule has 0 spiro atoms. The molecule has 13 aromatic carbocycles. The summed E-state index contributed by atoms with van der Waals surface area (Å²) >= 11 is 0. The van der Waals surface area contributed by atoms with Crippen molar-refractivity contribution in [2.75, 3.05) is 9.80 Å². The van der Waals surface area contributed by atoms with E-state index in [2.05, 4.69) is 289 Å². The minimum atomic E-state index is 0.420. The van der Waals surface area contributed by atoms with Crippen molar-refractivity contribution >= 4 is 176 Å². The molecule has 0 aliphatic rings. The van der Waals surface area contributed by atoms with Gasteiger partial charge in [-0.15, -0.1) is 0 Å². The monoisotopic (exact) mass is 1100 g/mol. The van der Waals surface area contributed by atoms with Crippen LogP contribution in [-0.2, 0) is 0 Å². The van der Waals surface area contributed by atoms with Crippen LogP contribution in [0.2, 0.25) is 0 Å². The molecule has 0 bridgehead atoms. The lowest BCUT2D eigenvalue weighted by Crippen LogP contribution is -2.10. The first-order chi connectivity index (χ1) is 42.3. The van der Waals surface area contributed by atoms with Crippen LogP contribution in [0.4, 0.5) is 34.1 Å². The summed E-state index contributed by atoms with van der Waals surface area (Å²) in [4.78, 5) is 4.85. The molecule has 6 heteroatoms. The maximum atomic E-state index is 7.01. The van der Waals surface area contributed by atoms with Gasteiger partial charge >= 0.3 is 0 Å². The van der Waals surface area contributed by atoms with Crippen molar-refractivity contribution in [2.24, 2.45) is 0 Å². The number of hydrogen-bond acceptors (Lipinski definition) is 4. The Balaban J connectivity index is 0.747. The van der Waals surface area contributed by atoms with Gasteiger partial charge in [-0.2, -0.15) is 0 Å². The zero-order chi connectivity index (χ0) is 56.8. The molecule has 0 unspecified atom stereocenters. The standard InChI is InChI=1S/C80H54N4O2/c1-45(2)47-21-27-53(28-22-47)81(57-41-67-59-13-5-9-17-71(59)83-72-18-10-6-14-60(72)68(42-57)77(67)83)55-31-25-49-37-65-63-33-34-64-66-38-50-26-32-56(36-52(50)40-76(66)86-80(64)79(63)85-75(65)39-51(49)35-55)82(54-29-23-48(24-30-54)46(3)4)58-43-69-61-15-7-11-19-73(61)84-74-20-12-8-16-62(74)70(44-58)78(69)84/h5-46H,1-4H3. The number of para-hydroxylation sites is 4. The predicted molar refractivity (Wildman–Crippen MR) is 363 cm³/mol. The van der Waals surface area contributed by atoms with Crippen molar-refractivity contribution < 1.29 is 8.83 Å². The number of fused-ring (bicyclic) bond motifs is 21. The zero-order valence-corrected chi connectivity index (χ0v) is 47.9. The number of rotatable bonds is 8. The van der Waals surface area contributed by atoms with Gasteiger partial charge in [-0.1, -0.05) is 137 Å². The molecule has 0 saturated carbocycles. The van der Waals surface area contributed by atoms with Crippen LogP contribution in [0.15, 0.2) is 251 Å². The van der Waals surface area contributed by atoms with Crippen molar-refractivity contribution in [3.8, 4) is 0 Å². The minimum Gasteiger partial charge on any atom is -0.452 e. The molecule has 6 heterocycles. The molecule has 0 aliphatic carbocycles. The second-order valence-corrected chi connectivity index (χ2v) is 24.5. The Hall–Kier alpha value is -10.8. The third kappa shape index (κ3) is 6.61. The molecule has 0 fully saturated rings. The molecule has 0 amide bonds. The maximum absolute atomic E-state index is 7.01. The average molecular weight is 1100 g/mol. The lowest BCUT2D eigenvalue weighted by molar-refractivity contribution is 0.634. The Kier molecular flexibility index (Phi) is 9.63. The number of anilines is 6. The van der Waals surface area contributed by atoms with Gasteiger partial charge in [-0.05, 0) is 178 Å². The van der Waals surface area contributed by atoms with Crippen LogP contribution in [0.25, 0.3) is 142 Å². The number of aromatic nitrogens is 2. The molecule has 0 aliphatic heterocycles. The highest BCUT2D eigenvalue weighted by atomic mass is 16.4. The van der Waals surface area contributed by atoms with E-state index in [1.165, 1.54) is 87.3 Å². The van der Waals surface area contributed by atoms with Gasteiger partial charge in [0.15, 0.2) is 11.2 Å². The summed E-state index contributed by atoms with van der Waals surface area (Å²) < 4.78 is 18.9. The van der Waals surface area contributed by atoms with E-state index in [1.807, 2.05) is 0 Å². The second kappa shape index (κ2) is 17.4. The summed E-state index contributed by atoms with van der Waals surface area (Å²) in [5.74, 6) is 0.840. The fourth-order valence-electron chi connectivity index (χ4n) is 14.8. The van der Waals surface area contributed by atoms with Gasteiger partial charge in [-0.3, -0.25) is 0 Å². The molecule has 86 heavy (non-hydrogen) atoms. The Morgan fingerprint density at radius 1 is 0.267 bits per heavy atom. The summed E-state index contributed by atoms with van der Waals surface area (Å²) in [5, 5.41) is 18.7. The third-order valence-corrected chi connectivity index (χ3v) is 19.0. The first kappa shape index (κ1) is 47.6. The van der Waals surface area contributed by atoms with Gasteiger partial charge in [-0.25, -0.2) is 0 Å². The maximum Gasteiger partial charge on any atom is 0.178 e. The normalized spacial score (nSPS) is 12.6. The van der Waals surface area contributed by atoms with E-state index in [4.69, 9.17) is 8.83 Å². The highest BCUT2D eigenvalue weighted by molar-refractivity contribution is 6.27. The molecule has 19 rings (SSSR count). The predicted octanol–water partition coefficient (Wildman–Crippen LogP) is 23.3. The van der Waals surface area contributed by atoms with E-state index >= 15 is 0 Å². The van der Waals surface area contributed by atoms with Gasteiger partial charge in [0.2, 0.25) is 0 Å². The van der Waals surface area contributed by atoms with E-state index in [-0.39, 0.29) is 0 Å². The van der Waals surface area contributed by atoms with Crippen LogP contribution in [0.1, 0.15) is 50.7 Å². The Bertz CT molecular complexity index is 5500. The lowest BCUT2D eigenvalue weighted by Gasteiger charge is -2.26. The van der Waals surface area contributed by atoms with Crippen molar-refractivity contribution in [2.45, 2.75) is 39.5 Å². The quantitative estimate of drug-likeness (QED) is 0.152. The summed E-state index contributed by atoms with van der Waals surface area (Å²) in [5.41, 5.74) is 19.8. The molecule has 0 saturated heterocycles. The molecular weight excluding hydrogens is 1050 g/mol. The van der Waals surface area contributed by atoms with E-state index in [9.17, 15) is 0 Å². The summed E-state index contributed by atoms with van der Waals surface area (Å²) in [6, 6.07) is 90.2. The van der Waals surface area contributed by atoms with Gasteiger partial charge < -0.3 is 27.4 Å². The van der Waals surface area contributed by atoms with Crippen LogP contribution in [0.5, 0.6) is 0 Å². The lowest BCUT2D eigenvalue weighted by atomic mass is 10.0.